The fourth-order valence-electron chi connectivity index (χ4n) is 12.2. The zero-order valence-corrected chi connectivity index (χ0v) is 40.3. The molecule has 0 heteroatoms. The molecule has 2 aromatic rings. The van der Waals surface area contributed by atoms with E-state index in [2.05, 4.69) is 146 Å². The van der Waals surface area contributed by atoms with Crippen LogP contribution in [-0.4, -0.2) is 0 Å². The molecule has 58 heavy (non-hydrogen) atoms. The Balaban J connectivity index is 0.000000221. The number of fused-ring (bicyclic) bond motifs is 6. The average Bonchev–Trinajstić information content (AvgIpc) is 3.16. The van der Waals surface area contributed by atoms with Crippen LogP contribution in [0.2, 0.25) is 0 Å². The van der Waals surface area contributed by atoms with E-state index in [-0.39, 0.29) is 10.8 Å². The molecular weight excluding hydrogens is 697 g/mol. The van der Waals surface area contributed by atoms with Gasteiger partial charge >= 0.3 is 0 Å². The number of hydrogen-bond donors (Lipinski definition) is 0. The Hall–Kier alpha value is -2.60. The molecule has 0 fully saturated rings. The van der Waals surface area contributed by atoms with Crippen molar-refractivity contribution in [1.82, 2.24) is 0 Å². The van der Waals surface area contributed by atoms with Crippen LogP contribution in [0.1, 0.15) is 229 Å². The van der Waals surface area contributed by atoms with Crippen LogP contribution in [0, 0.1) is 36.5 Å². The summed E-state index contributed by atoms with van der Waals surface area (Å²) in [6.07, 6.45) is 28.8. The fourth-order valence-corrected chi connectivity index (χ4v) is 12.2. The molecule has 0 nitrogen and oxygen atoms in total. The van der Waals surface area contributed by atoms with Crippen LogP contribution in [0.5, 0.6) is 0 Å². The molecule has 0 amide bonds. The lowest BCUT2D eigenvalue weighted by molar-refractivity contribution is 0.151. The minimum atomic E-state index is 0.267. The van der Waals surface area contributed by atoms with Gasteiger partial charge in [-0.1, -0.05) is 194 Å². The second kappa shape index (κ2) is 19.0. The Bertz CT molecular complexity index is 1810. The van der Waals surface area contributed by atoms with Gasteiger partial charge < -0.3 is 0 Å². The van der Waals surface area contributed by atoms with Crippen LogP contribution in [0.15, 0.2) is 72.4 Å². The summed E-state index contributed by atoms with van der Waals surface area (Å²) in [5.74, 6) is 2.84. The summed E-state index contributed by atoms with van der Waals surface area (Å²) in [5.41, 5.74) is 18.4. The zero-order chi connectivity index (χ0) is 42.6. The first-order chi connectivity index (χ1) is 27.3. The van der Waals surface area contributed by atoms with Crippen molar-refractivity contribution in [2.75, 3.05) is 0 Å². The van der Waals surface area contributed by atoms with E-state index in [9.17, 15) is 0 Å². The number of benzene rings is 2. The maximum absolute atomic E-state index is 4.37. The van der Waals surface area contributed by atoms with Gasteiger partial charge in [-0.15, -0.1) is 0 Å². The first-order valence-corrected chi connectivity index (χ1v) is 24.3. The molecule has 4 aliphatic rings. The van der Waals surface area contributed by atoms with Crippen LogP contribution in [0.4, 0.5) is 0 Å². The largest absolute Gasteiger partial charge is 0.0988 e. The monoisotopic (exact) mass is 785 g/mol. The zero-order valence-electron chi connectivity index (χ0n) is 40.3. The molecule has 0 aromatic heterocycles. The van der Waals surface area contributed by atoms with Crippen molar-refractivity contribution in [3.63, 3.8) is 0 Å². The molecule has 0 aliphatic heterocycles. The molecular formula is C58H88. The van der Waals surface area contributed by atoms with Crippen molar-refractivity contribution in [1.29, 1.82) is 0 Å². The highest BCUT2D eigenvalue weighted by molar-refractivity contribution is 5.50. The minimum Gasteiger partial charge on any atom is -0.0988 e. The summed E-state index contributed by atoms with van der Waals surface area (Å²) < 4.78 is 0. The third kappa shape index (κ3) is 10.3. The predicted octanol–water partition coefficient (Wildman–Crippen LogP) is 17.6. The lowest BCUT2D eigenvalue weighted by atomic mass is 9.56. The molecule has 320 valence electrons. The van der Waals surface area contributed by atoms with Crippen molar-refractivity contribution in [2.45, 2.75) is 222 Å². The number of aryl methyl sites for hydroxylation is 2. The Morgan fingerprint density at radius 1 is 0.655 bits per heavy atom. The molecule has 0 spiro atoms. The van der Waals surface area contributed by atoms with Crippen LogP contribution < -0.4 is 0 Å². The Kier molecular flexibility index (Phi) is 15.2. The van der Waals surface area contributed by atoms with Gasteiger partial charge in [0.25, 0.3) is 0 Å². The van der Waals surface area contributed by atoms with E-state index in [1.165, 1.54) is 131 Å². The smallest absolute Gasteiger partial charge is 0.00796 e. The molecule has 6 rings (SSSR count). The maximum Gasteiger partial charge on any atom is -0.00796 e. The predicted molar refractivity (Wildman–Crippen MR) is 258 cm³/mol. The van der Waals surface area contributed by atoms with Crippen LogP contribution in [0.3, 0.4) is 0 Å². The van der Waals surface area contributed by atoms with Gasteiger partial charge in [0, 0.05) is 0 Å². The van der Waals surface area contributed by atoms with Crippen molar-refractivity contribution in [3.8, 4) is 0 Å². The highest BCUT2D eigenvalue weighted by atomic mass is 14.5. The standard InChI is InChI=1S/C30H46.C28H42/c1-9-11-12-13-16-29(5,6)25-17-22(4)28-24(18-25)20-30(7,8)27-15-14-23(19-26(27)28)21(3)10-2;1-8-10-11-12-15-27(4,5)23-16-20(3)26-22(18-23)19-28(6,7)25-14-13-21(9-2)17-24(25)26/h14,17-18,26-27H,3,9-13,15-16,19-20H2,1-2,4-8H3;9,13,16,18,24-25H,2,8,10-12,14-15,17,19H2,1,3-7H3. The van der Waals surface area contributed by atoms with Gasteiger partial charge in [-0.2, -0.15) is 0 Å². The summed E-state index contributed by atoms with van der Waals surface area (Å²) >= 11 is 0. The molecule has 0 saturated carbocycles. The Labute approximate surface area is 359 Å². The number of rotatable bonds is 15. The first-order valence-electron chi connectivity index (χ1n) is 24.3. The summed E-state index contributed by atoms with van der Waals surface area (Å²) in [6, 6.07) is 10.3. The van der Waals surface area contributed by atoms with E-state index in [4.69, 9.17) is 0 Å². The van der Waals surface area contributed by atoms with E-state index in [0.29, 0.717) is 22.7 Å². The lowest BCUT2D eigenvalue weighted by Gasteiger charge is -2.48. The van der Waals surface area contributed by atoms with E-state index >= 15 is 0 Å². The fraction of sp³-hybridized carbons (Fsp3) is 0.655. The number of unbranched alkanes of at least 4 members (excludes halogenated alkanes) is 6. The van der Waals surface area contributed by atoms with Crippen molar-refractivity contribution < 1.29 is 0 Å². The SMILES string of the molecule is C=C(CC)C1=CCC2C(C1)c1c(C)cc(C(C)(C)CCCCCC)cc1CC2(C)C.C=CC1=CCC2C(C1)c1c(C)cc(C(C)(C)CCCCCC)cc1CC2(C)C. The normalized spacial score (nSPS) is 23.2. The Morgan fingerprint density at radius 2 is 1.10 bits per heavy atom. The van der Waals surface area contributed by atoms with Gasteiger partial charge in [0.1, 0.15) is 0 Å². The van der Waals surface area contributed by atoms with Gasteiger partial charge in [0.2, 0.25) is 0 Å². The topological polar surface area (TPSA) is 0 Å². The van der Waals surface area contributed by atoms with Crippen molar-refractivity contribution in [3.05, 3.63) is 117 Å². The van der Waals surface area contributed by atoms with Crippen molar-refractivity contribution in [2.24, 2.45) is 22.7 Å². The summed E-state index contributed by atoms with van der Waals surface area (Å²) in [7, 11) is 0. The lowest BCUT2D eigenvalue weighted by Crippen LogP contribution is -2.38. The van der Waals surface area contributed by atoms with Crippen LogP contribution in [0.25, 0.3) is 0 Å². The quantitative estimate of drug-likeness (QED) is 0.158. The van der Waals surface area contributed by atoms with Gasteiger partial charge in [-0.05, 0) is 167 Å². The Morgan fingerprint density at radius 3 is 1.53 bits per heavy atom. The molecule has 0 N–H and O–H groups in total. The first kappa shape index (κ1) is 46.5. The summed E-state index contributed by atoms with van der Waals surface area (Å²) in [4.78, 5) is 0. The number of hydrogen-bond acceptors (Lipinski definition) is 0. The second-order valence-electron chi connectivity index (χ2n) is 22.4. The highest BCUT2D eigenvalue weighted by Gasteiger charge is 2.45. The molecule has 4 aliphatic carbocycles. The van der Waals surface area contributed by atoms with Gasteiger partial charge in [-0.3, -0.25) is 0 Å². The molecule has 2 aromatic carbocycles. The third-order valence-electron chi connectivity index (χ3n) is 16.1. The molecule has 0 saturated heterocycles. The van der Waals surface area contributed by atoms with Gasteiger partial charge in [0.15, 0.2) is 0 Å². The summed E-state index contributed by atoms with van der Waals surface area (Å²) in [6.45, 7) is 39.9. The second-order valence-corrected chi connectivity index (χ2v) is 22.4. The molecule has 0 radical (unpaired) electrons. The van der Waals surface area contributed by atoms with Gasteiger partial charge in [-0.25, -0.2) is 0 Å². The van der Waals surface area contributed by atoms with E-state index in [0.717, 1.165) is 18.3 Å². The maximum atomic E-state index is 4.37. The average molecular weight is 785 g/mol. The van der Waals surface area contributed by atoms with Crippen LogP contribution in [-0.2, 0) is 23.7 Å². The van der Waals surface area contributed by atoms with E-state index in [1.807, 2.05) is 0 Å². The molecule has 4 unspecified atom stereocenters. The third-order valence-corrected chi connectivity index (χ3v) is 16.1. The number of allylic oxidation sites excluding steroid dienone is 6. The van der Waals surface area contributed by atoms with Crippen LogP contribution >= 0.6 is 0 Å². The summed E-state index contributed by atoms with van der Waals surface area (Å²) in [5, 5.41) is 0. The molecule has 4 atom stereocenters. The van der Waals surface area contributed by atoms with Crippen molar-refractivity contribution >= 4 is 0 Å². The van der Waals surface area contributed by atoms with E-state index in [1.54, 1.807) is 33.4 Å². The molecule has 0 bridgehead atoms. The highest BCUT2D eigenvalue weighted by Crippen LogP contribution is 2.56. The van der Waals surface area contributed by atoms with E-state index < -0.39 is 0 Å². The minimum absolute atomic E-state index is 0.267. The molecule has 0 heterocycles. The van der Waals surface area contributed by atoms with Gasteiger partial charge in [0.05, 0.1) is 0 Å².